The van der Waals surface area contributed by atoms with Gasteiger partial charge in [-0.2, -0.15) is 0 Å². The van der Waals surface area contributed by atoms with Crippen LogP contribution in [0.25, 0.3) is 0 Å². The van der Waals surface area contributed by atoms with Gasteiger partial charge in [0.25, 0.3) is 0 Å². The molecule has 1 aromatic rings. The molecule has 0 saturated heterocycles. The molecule has 1 aliphatic carbocycles. The summed E-state index contributed by atoms with van der Waals surface area (Å²) in [6.07, 6.45) is 3.95. The Hall–Kier alpha value is -0.730. The maximum atomic E-state index is 6.03. The molecule has 0 bridgehead atoms. The van der Waals surface area contributed by atoms with Crippen molar-refractivity contribution in [3.8, 4) is 5.75 Å². The second-order valence-electron chi connectivity index (χ2n) is 4.07. The van der Waals surface area contributed by atoms with Gasteiger partial charge in [0, 0.05) is 11.6 Å². The molecule has 2 N–H and O–H groups in total. The topological polar surface area (TPSA) is 35.2 Å². The van der Waals surface area contributed by atoms with Gasteiger partial charge in [0.15, 0.2) is 0 Å². The fraction of sp³-hybridized carbons (Fsp3) is 0.500. The Kier molecular flexibility index (Phi) is 3.49. The highest BCUT2D eigenvalue weighted by Gasteiger charge is 2.17. The first-order chi connectivity index (χ1) is 7.29. The van der Waals surface area contributed by atoms with Gasteiger partial charge in [-0.05, 0) is 36.5 Å². The molecule has 0 radical (unpaired) electrons. The molecule has 0 spiro atoms. The number of hydrogen-bond donors (Lipinski definition) is 1. The van der Waals surface area contributed by atoms with Crippen molar-refractivity contribution in [1.82, 2.24) is 0 Å². The van der Waals surface area contributed by atoms with E-state index in [2.05, 4.69) is 0 Å². The highest BCUT2D eigenvalue weighted by Crippen LogP contribution is 2.28. The lowest BCUT2D eigenvalue weighted by molar-refractivity contribution is 0.180. The van der Waals surface area contributed by atoms with Crippen molar-refractivity contribution in [3.63, 3.8) is 0 Å². The molecule has 15 heavy (non-hydrogen) atoms. The normalized spacial score (nSPS) is 16.1. The molecule has 1 aromatic carbocycles. The zero-order valence-electron chi connectivity index (χ0n) is 8.71. The third kappa shape index (κ3) is 2.64. The third-order valence-corrected chi connectivity index (χ3v) is 3.31. The van der Waals surface area contributed by atoms with E-state index in [1.54, 1.807) is 0 Å². The Labute approximate surface area is 95.4 Å². The van der Waals surface area contributed by atoms with Crippen LogP contribution in [-0.2, 0) is 6.54 Å². The summed E-state index contributed by atoms with van der Waals surface area (Å²) in [7, 11) is 0. The van der Waals surface area contributed by atoms with Crippen LogP contribution in [-0.4, -0.2) is 6.61 Å². The highest BCUT2D eigenvalue weighted by atomic mass is 35.5. The van der Waals surface area contributed by atoms with Gasteiger partial charge in [0.2, 0.25) is 0 Å². The molecule has 3 heteroatoms. The summed E-state index contributed by atoms with van der Waals surface area (Å²) in [5.74, 6) is 1.60. The molecule has 1 aliphatic rings. The summed E-state index contributed by atoms with van der Waals surface area (Å²) < 4.78 is 5.66. The van der Waals surface area contributed by atoms with Crippen molar-refractivity contribution in [2.24, 2.45) is 11.7 Å². The second-order valence-corrected chi connectivity index (χ2v) is 4.47. The zero-order valence-corrected chi connectivity index (χ0v) is 9.46. The van der Waals surface area contributed by atoms with Crippen LogP contribution < -0.4 is 10.5 Å². The van der Waals surface area contributed by atoms with E-state index in [1.807, 2.05) is 18.2 Å². The SMILES string of the molecule is NCc1ccc(OCC2CCC2)cc1Cl. The van der Waals surface area contributed by atoms with Crippen LogP contribution in [0.4, 0.5) is 0 Å². The molecule has 0 heterocycles. The first kappa shape index (κ1) is 10.8. The molecule has 82 valence electrons. The fourth-order valence-corrected chi connectivity index (χ4v) is 1.90. The van der Waals surface area contributed by atoms with Gasteiger partial charge in [0.05, 0.1) is 6.61 Å². The third-order valence-electron chi connectivity index (χ3n) is 2.95. The number of halogens is 1. The van der Waals surface area contributed by atoms with Crippen LogP contribution in [0, 0.1) is 5.92 Å². The van der Waals surface area contributed by atoms with Crippen LogP contribution in [0.15, 0.2) is 18.2 Å². The zero-order chi connectivity index (χ0) is 10.7. The molecule has 0 atom stereocenters. The van der Waals surface area contributed by atoms with Crippen LogP contribution in [0.2, 0.25) is 5.02 Å². The van der Waals surface area contributed by atoms with E-state index < -0.39 is 0 Å². The standard InChI is InChI=1S/C12H16ClNO/c13-12-6-11(5-4-10(12)7-14)15-8-9-2-1-3-9/h4-6,9H,1-3,7-8,14H2. The Bertz CT molecular complexity index is 336. The van der Waals surface area contributed by atoms with Crippen molar-refractivity contribution in [3.05, 3.63) is 28.8 Å². The lowest BCUT2D eigenvalue weighted by atomic mass is 9.86. The number of benzene rings is 1. The molecule has 0 aromatic heterocycles. The minimum Gasteiger partial charge on any atom is -0.493 e. The van der Waals surface area contributed by atoms with Crippen LogP contribution in [0.3, 0.4) is 0 Å². The van der Waals surface area contributed by atoms with E-state index in [0.29, 0.717) is 11.6 Å². The number of hydrogen-bond acceptors (Lipinski definition) is 2. The van der Waals surface area contributed by atoms with Crippen molar-refractivity contribution in [2.45, 2.75) is 25.8 Å². The van der Waals surface area contributed by atoms with Gasteiger partial charge in [-0.25, -0.2) is 0 Å². The lowest BCUT2D eigenvalue weighted by Gasteiger charge is -2.25. The Morgan fingerprint density at radius 1 is 1.40 bits per heavy atom. The molecule has 0 aliphatic heterocycles. The first-order valence-electron chi connectivity index (χ1n) is 5.41. The van der Waals surface area contributed by atoms with Crippen LogP contribution in [0.5, 0.6) is 5.75 Å². The molecular weight excluding hydrogens is 210 g/mol. The predicted molar refractivity (Wildman–Crippen MR) is 62.2 cm³/mol. The molecule has 2 nitrogen and oxygen atoms in total. The van der Waals surface area contributed by atoms with Crippen molar-refractivity contribution < 1.29 is 4.74 Å². The van der Waals surface area contributed by atoms with Gasteiger partial charge in [-0.3, -0.25) is 0 Å². The summed E-state index contributed by atoms with van der Waals surface area (Å²) in [4.78, 5) is 0. The number of ether oxygens (including phenoxy) is 1. The number of nitrogens with two attached hydrogens (primary N) is 1. The maximum absolute atomic E-state index is 6.03. The first-order valence-corrected chi connectivity index (χ1v) is 5.78. The Balaban J connectivity index is 1.93. The Morgan fingerprint density at radius 2 is 2.20 bits per heavy atom. The van der Waals surface area contributed by atoms with Crippen molar-refractivity contribution in [2.75, 3.05) is 6.61 Å². The van der Waals surface area contributed by atoms with E-state index in [4.69, 9.17) is 22.1 Å². The summed E-state index contributed by atoms with van der Waals surface area (Å²) in [5.41, 5.74) is 6.49. The average molecular weight is 226 g/mol. The van der Waals surface area contributed by atoms with Gasteiger partial charge in [0.1, 0.15) is 5.75 Å². The van der Waals surface area contributed by atoms with E-state index in [-0.39, 0.29) is 0 Å². The fourth-order valence-electron chi connectivity index (χ4n) is 1.66. The summed E-state index contributed by atoms with van der Waals surface area (Å²) >= 11 is 6.03. The summed E-state index contributed by atoms with van der Waals surface area (Å²) in [6, 6.07) is 5.72. The molecular formula is C12H16ClNO. The maximum Gasteiger partial charge on any atom is 0.120 e. The molecule has 0 amide bonds. The average Bonchev–Trinajstić information content (AvgIpc) is 2.16. The van der Waals surface area contributed by atoms with Gasteiger partial charge in [-0.1, -0.05) is 24.1 Å². The predicted octanol–water partition coefficient (Wildman–Crippen LogP) is 2.98. The van der Waals surface area contributed by atoms with E-state index in [9.17, 15) is 0 Å². The second kappa shape index (κ2) is 4.86. The minimum absolute atomic E-state index is 0.474. The minimum atomic E-state index is 0.474. The molecule has 1 saturated carbocycles. The van der Waals surface area contributed by atoms with E-state index in [0.717, 1.165) is 23.8 Å². The van der Waals surface area contributed by atoms with E-state index >= 15 is 0 Å². The number of rotatable bonds is 4. The van der Waals surface area contributed by atoms with Crippen molar-refractivity contribution in [1.29, 1.82) is 0 Å². The summed E-state index contributed by atoms with van der Waals surface area (Å²) in [5, 5.41) is 0.698. The smallest absolute Gasteiger partial charge is 0.120 e. The van der Waals surface area contributed by atoms with Gasteiger partial charge < -0.3 is 10.5 Å². The Morgan fingerprint density at radius 3 is 2.73 bits per heavy atom. The van der Waals surface area contributed by atoms with Crippen LogP contribution in [0.1, 0.15) is 24.8 Å². The van der Waals surface area contributed by atoms with Gasteiger partial charge >= 0.3 is 0 Å². The highest BCUT2D eigenvalue weighted by molar-refractivity contribution is 6.31. The lowest BCUT2D eigenvalue weighted by Crippen LogP contribution is -2.19. The van der Waals surface area contributed by atoms with Crippen LogP contribution >= 0.6 is 11.6 Å². The molecule has 0 unspecified atom stereocenters. The monoisotopic (exact) mass is 225 g/mol. The molecule has 1 fully saturated rings. The quantitative estimate of drug-likeness (QED) is 0.855. The summed E-state index contributed by atoms with van der Waals surface area (Å²) in [6.45, 7) is 1.29. The van der Waals surface area contributed by atoms with Crippen molar-refractivity contribution >= 4 is 11.6 Å². The molecule has 2 rings (SSSR count). The van der Waals surface area contributed by atoms with Gasteiger partial charge in [-0.15, -0.1) is 0 Å². The van der Waals surface area contributed by atoms with E-state index in [1.165, 1.54) is 19.3 Å². The largest absolute Gasteiger partial charge is 0.493 e.